The van der Waals surface area contributed by atoms with Crippen LogP contribution < -0.4 is 5.73 Å². The van der Waals surface area contributed by atoms with Crippen molar-refractivity contribution < 1.29 is 14.3 Å². The molecule has 2 N–H and O–H groups in total. The highest BCUT2D eigenvalue weighted by molar-refractivity contribution is 5.69. The van der Waals surface area contributed by atoms with Crippen molar-refractivity contribution in [2.24, 2.45) is 5.73 Å². The number of aldehydes is 1. The number of rotatable bonds is 6. The Bertz CT molecular complexity index is 147. The summed E-state index contributed by atoms with van der Waals surface area (Å²) in [6.45, 7) is 0. The molecule has 0 aromatic carbocycles. The van der Waals surface area contributed by atoms with E-state index in [9.17, 15) is 9.59 Å². The fourth-order valence-corrected chi connectivity index (χ4v) is 0.819. The first-order chi connectivity index (χ1) is 5.70. The van der Waals surface area contributed by atoms with E-state index in [0.29, 0.717) is 12.8 Å². The fraction of sp³-hybridized carbons (Fsp3) is 0.750. The Balaban J connectivity index is 3.21. The Morgan fingerprint density at radius 3 is 2.75 bits per heavy atom. The number of carbonyl (C=O) groups excluding carboxylic acids is 2. The molecule has 0 amide bonds. The van der Waals surface area contributed by atoms with Gasteiger partial charge in [-0.2, -0.15) is 0 Å². The van der Waals surface area contributed by atoms with Crippen LogP contribution in [0.4, 0.5) is 0 Å². The monoisotopic (exact) mass is 173 g/mol. The van der Waals surface area contributed by atoms with Crippen LogP contribution in [0.2, 0.25) is 0 Å². The second kappa shape index (κ2) is 6.79. The third-order valence-electron chi connectivity index (χ3n) is 1.57. The molecule has 0 heterocycles. The van der Waals surface area contributed by atoms with Crippen molar-refractivity contribution in [1.29, 1.82) is 0 Å². The molecule has 0 saturated carbocycles. The second-order valence-corrected chi connectivity index (χ2v) is 2.62. The second-order valence-electron chi connectivity index (χ2n) is 2.62. The number of hydrogen-bond acceptors (Lipinski definition) is 4. The van der Waals surface area contributed by atoms with Crippen LogP contribution in [0.25, 0.3) is 0 Å². The molecule has 0 aromatic rings. The highest BCUT2D eigenvalue weighted by Crippen LogP contribution is 2.01. The first kappa shape index (κ1) is 11.1. The lowest BCUT2D eigenvalue weighted by Gasteiger charge is -2.02. The van der Waals surface area contributed by atoms with Crippen molar-refractivity contribution in [2.45, 2.75) is 31.7 Å². The number of hydrogen-bond donors (Lipinski definition) is 1. The minimum absolute atomic E-state index is 0.213. The molecule has 0 aromatic heterocycles. The summed E-state index contributed by atoms with van der Waals surface area (Å²) in [6.07, 6.45) is 3.28. The first-order valence-corrected chi connectivity index (χ1v) is 3.98. The fourth-order valence-electron chi connectivity index (χ4n) is 0.819. The zero-order valence-electron chi connectivity index (χ0n) is 7.29. The number of esters is 1. The Kier molecular flexibility index (Phi) is 6.28. The van der Waals surface area contributed by atoms with Crippen LogP contribution in [0.5, 0.6) is 0 Å². The van der Waals surface area contributed by atoms with Crippen LogP contribution in [0, 0.1) is 0 Å². The molecule has 0 aliphatic carbocycles. The Hall–Kier alpha value is -0.900. The highest BCUT2D eigenvalue weighted by Gasteiger charge is 2.02. The molecular formula is C8H15NO3. The van der Waals surface area contributed by atoms with E-state index < -0.39 is 0 Å². The average molecular weight is 173 g/mol. The molecule has 1 atom stereocenters. The topological polar surface area (TPSA) is 69.4 Å². The van der Waals surface area contributed by atoms with Gasteiger partial charge in [0.1, 0.15) is 6.29 Å². The Labute approximate surface area is 72.1 Å². The number of methoxy groups -OCH3 is 1. The van der Waals surface area contributed by atoms with Gasteiger partial charge in [0.15, 0.2) is 0 Å². The molecule has 0 fully saturated rings. The summed E-state index contributed by atoms with van der Waals surface area (Å²) in [5.74, 6) is -0.213. The van der Waals surface area contributed by atoms with Crippen LogP contribution >= 0.6 is 0 Å². The summed E-state index contributed by atoms with van der Waals surface area (Å²) in [5, 5.41) is 0. The lowest BCUT2D eigenvalue weighted by atomic mass is 10.1. The van der Waals surface area contributed by atoms with E-state index in [0.717, 1.165) is 19.1 Å². The average Bonchev–Trinajstić information content (AvgIpc) is 2.11. The van der Waals surface area contributed by atoms with Gasteiger partial charge in [0.25, 0.3) is 0 Å². The van der Waals surface area contributed by atoms with Gasteiger partial charge in [-0.25, -0.2) is 0 Å². The van der Waals surface area contributed by atoms with Crippen LogP contribution in [0.1, 0.15) is 25.7 Å². The minimum Gasteiger partial charge on any atom is -0.469 e. The van der Waals surface area contributed by atoms with Crippen LogP contribution in [-0.4, -0.2) is 25.4 Å². The van der Waals surface area contributed by atoms with E-state index in [1.807, 2.05) is 0 Å². The number of ether oxygens (including phenoxy) is 1. The Morgan fingerprint density at radius 2 is 2.25 bits per heavy atom. The molecule has 0 rings (SSSR count). The third kappa shape index (κ3) is 5.85. The van der Waals surface area contributed by atoms with Crippen molar-refractivity contribution in [2.75, 3.05) is 7.11 Å². The van der Waals surface area contributed by atoms with Crippen LogP contribution in [-0.2, 0) is 14.3 Å². The summed E-state index contributed by atoms with van der Waals surface area (Å²) in [5.41, 5.74) is 5.34. The summed E-state index contributed by atoms with van der Waals surface area (Å²) in [4.78, 5) is 20.7. The van der Waals surface area contributed by atoms with E-state index in [1.165, 1.54) is 7.11 Å². The number of nitrogens with two attached hydrogens (primary N) is 1. The van der Waals surface area contributed by atoms with Gasteiger partial charge in [-0.1, -0.05) is 6.42 Å². The van der Waals surface area contributed by atoms with Gasteiger partial charge >= 0.3 is 5.97 Å². The molecule has 0 aliphatic heterocycles. The minimum atomic E-state index is -0.386. The van der Waals surface area contributed by atoms with Crippen molar-refractivity contribution in [1.82, 2.24) is 0 Å². The predicted molar refractivity (Wildman–Crippen MR) is 44.5 cm³/mol. The number of unbranched alkanes of at least 4 members (excludes halogenated alkanes) is 1. The normalized spacial score (nSPS) is 12.2. The van der Waals surface area contributed by atoms with Crippen LogP contribution in [0.3, 0.4) is 0 Å². The van der Waals surface area contributed by atoms with E-state index >= 15 is 0 Å². The smallest absolute Gasteiger partial charge is 0.305 e. The van der Waals surface area contributed by atoms with Gasteiger partial charge in [0.2, 0.25) is 0 Å². The van der Waals surface area contributed by atoms with Crippen LogP contribution in [0.15, 0.2) is 0 Å². The van der Waals surface area contributed by atoms with Crippen molar-refractivity contribution in [3.8, 4) is 0 Å². The molecule has 0 radical (unpaired) electrons. The molecular weight excluding hydrogens is 158 g/mol. The van der Waals surface area contributed by atoms with E-state index in [1.54, 1.807) is 0 Å². The molecule has 0 aliphatic rings. The highest BCUT2D eigenvalue weighted by atomic mass is 16.5. The quantitative estimate of drug-likeness (QED) is 0.355. The van der Waals surface area contributed by atoms with Gasteiger partial charge < -0.3 is 15.3 Å². The van der Waals surface area contributed by atoms with Gasteiger partial charge in [-0.3, -0.25) is 4.79 Å². The summed E-state index contributed by atoms with van der Waals surface area (Å²) < 4.78 is 4.44. The zero-order chi connectivity index (χ0) is 9.40. The standard InChI is InChI=1S/C8H15NO3/c1-12-8(11)5-3-2-4-7(9)6-10/h6-7H,2-5,9H2,1H3. The molecule has 4 heteroatoms. The molecule has 0 spiro atoms. The molecule has 1 unspecified atom stereocenters. The third-order valence-corrected chi connectivity index (χ3v) is 1.57. The van der Waals surface area contributed by atoms with Crippen molar-refractivity contribution in [3.63, 3.8) is 0 Å². The maximum Gasteiger partial charge on any atom is 0.305 e. The van der Waals surface area contributed by atoms with Gasteiger partial charge in [-0.15, -0.1) is 0 Å². The predicted octanol–water partition coefficient (Wildman–Crippen LogP) is 0.246. The van der Waals surface area contributed by atoms with E-state index in [2.05, 4.69) is 4.74 Å². The molecule has 12 heavy (non-hydrogen) atoms. The van der Waals surface area contributed by atoms with Gasteiger partial charge in [0, 0.05) is 6.42 Å². The number of carbonyl (C=O) groups is 2. The van der Waals surface area contributed by atoms with Gasteiger partial charge in [0.05, 0.1) is 13.2 Å². The molecule has 0 saturated heterocycles. The van der Waals surface area contributed by atoms with E-state index in [4.69, 9.17) is 5.73 Å². The lowest BCUT2D eigenvalue weighted by molar-refractivity contribution is -0.140. The largest absolute Gasteiger partial charge is 0.469 e. The first-order valence-electron chi connectivity index (χ1n) is 3.98. The summed E-state index contributed by atoms with van der Waals surface area (Å²) in [6, 6.07) is -0.386. The Morgan fingerprint density at radius 1 is 1.58 bits per heavy atom. The summed E-state index contributed by atoms with van der Waals surface area (Å²) >= 11 is 0. The summed E-state index contributed by atoms with van der Waals surface area (Å²) in [7, 11) is 1.36. The van der Waals surface area contributed by atoms with Crippen molar-refractivity contribution >= 4 is 12.3 Å². The van der Waals surface area contributed by atoms with E-state index in [-0.39, 0.29) is 12.0 Å². The molecule has 70 valence electrons. The zero-order valence-corrected chi connectivity index (χ0v) is 7.29. The maximum absolute atomic E-state index is 10.6. The lowest BCUT2D eigenvalue weighted by Crippen LogP contribution is -2.20. The van der Waals surface area contributed by atoms with Crippen molar-refractivity contribution in [3.05, 3.63) is 0 Å². The van der Waals surface area contributed by atoms with Gasteiger partial charge in [-0.05, 0) is 12.8 Å². The SMILES string of the molecule is COC(=O)CCCCC(N)C=O. The molecule has 0 bridgehead atoms. The molecule has 4 nitrogen and oxygen atoms in total. The maximum atomic E-state index is 10.6.